The van der Waals surface area contributed by atoms with Crippen molar-refractivity contribution in [3.05, 3.63) is 35.4 Å². The number of sulfone groups is 1. The molecule has 1 unspecified atom stereocenters. The highest BCUT2D eigenvalue weighted by atomic mass is 32.2. The van der Waals surface area contributed by atoms with Crippen LogP contribution in [-0.4, -0.2) is 26.5 Å². The van der Waals surface area contributed by atoms with E-state index in [0.29, 0.717) is 12.0 Å². The summed E-state index contributed by atoms with van der Waals surface area (Å²) in [6, 6.07) is 3.34. The summed E-state index contributed by atoms with van der Waals surface area (Å²) >= 11 is 0. The summed E-state index contributed by atoms with van der Waals surface area (Å²) in [5.74, 6) is -1.22. The maximum atomic E-state index is 13.6. The molecular formula is C12H15F2NO2S. The minimum absolute atomic E-state index is 0.0205. The fourth-order valence-corrected chi connectivity index (χ4v) is 4.61. The zero-order valence-corrected chi connectivity index (χ0v) is 10.6. The molecule has 1 aromatic carbocycles. The summed E-state index contributed by atoms with van der Waals surface area (Å²) in [5, 5.41) is 0. The van der Waals surface area contributed by atoms with E-state index in [1.807, 2.05) is 0 Å². The summed E-state index contributed by atoms with van der Waals surface area (Å²) in [6.45, 7) is 0.184. The van der Waals surface area contributed by atoms with Gasteiger partial charge in [-0.3, -0.25) is 0 Å². The highest BCUT2D eigenvalue weighted by molar-refractivity contribution is 7.91. The van der Waals surface area contributed by atoms with Crippen LogP contribution in [0, 0.1) is 17.0 Å². The number of hydrogen-bond donors (Lipinski definition) is 1. The molecule has 0 radical (unpaired) electrons. The molecule has 0 aromatic heterocycles. The molecule has 100 valence electrons. The number of nitrogens with two attached hydrogens (primary N) is 1. The van der Waals surface area contributed by atoms with E-state index in [9.17, 15) is 17.2 Å². The van der Waals surface area contributed by atoms with Crippen LogP contribution >= 0.6 is 0 Å². The molecule has 18 heavy (non-hydrogen) atoms. The van der Waals surface area contributed by atoms with Crippen LogP contribution in [0.25, 0.3) is 0 Å². The summed E-state index contributed by atoms with van der Waals surface area (Å²) in [6.07, 6.45) is 0.664. The molecule has 2 N–H and O–H groups in total. The van der Waals surface area contributed by atoms with E-state index in [-0.39, 0.29) is 24.5 Å². The summed E-state index contributed by atoms with van der Waals surface area (Å²) in [4.78, 5) is 0. The van der Waals surface area contributed by atoms with Crippen LogP contribution in [0.1, 0.15) is 12.0 Å². The second kappa shape index (κ2) is 4.59. The van der Waals surface area contributed by atoms with Gasteiger partial charge in [-0.25, -0.2) is 17.2 Å². The van der Waals surface area contributed by atoms with Crippen LogP contribution < -0.4 is 5.73 Å². The lowest BCUT2D eigenvalue weighted by Gasteiger charge is -2.25. The zero-order valence-electron chi connectivity index (χ0n) is 9.83. The maximum absolute atomic E-state index is 13.6. The van der Waals surface area contributed by atoms with Crippen LogP contribution in [0.3, 0.4) is 0 Å². The summed E-state index contributed by atoms with van der Waals surface area (Å²) in [7, 11) is -3.08. The number of rotatable bonds is 3. The Morgan fingerprint density at radius 3 is 2.56 bits per heavy atom. The van der Waals surface area contributed by atoms with Crippen LogP contribution in [0.2, 0.25) is 0 Å². The molecule has 1 saturated heterocycles. The largest absolute Gasteiger partial charge is 0.330 e. The molecule has 0 spiro atoms. The van der Waals surface area contributed by atoms with E-state index in [2.05, 4.69) is 0 Å². The van der Waals surface area contributed by atoms with Crippen LogP contribution in [0.15, 0.2) is 18.2 Å². The molecule has 0 aliphatic carbocycles. The van der Waals surface area contributed by atoms with Gasteiger partial charge in [0.1, 0.15) is 11.6 Å². The van der Waals surface area contributed by atoms with Crippen molar-refractivity contribution in [3.63, 3.8) is 0 Å². The minimum Gasteiger partial charge on any atom is -0.330 e. The van der Waals surface area contributed by atoms with E-state index in [1.165, 1.54) is 12.1 Å². The number of halogens is 2. The van der Waals surface area contributed by atoms with Gasteiger partial charge in [-0.2, -0.15) is 0 Å². The Hall–Kier alpha value is -1.01. The van der Waals surface area contributed by atoms with Crippen molar-refractivity contribution in [3.8, 4) is 0 Å². The Morgan fingerprint density at radius 2 is 2.06 bits per heavy atom. The summed E-state index contributed by atoms with van der Waals surface area (Å²) < 4.78 is 49.4. The first kappa shape index (κ1) is 13.4. The van der Waals surface area contributed by atoms with Gasteiger partial charge in [-0.1, -0.05) is 6.07 Å². The molecule has 1 aliphatic rings. The zero-order chi connectivity index (χ0) is 13.4. The highest BCUT2D eigenvalue weighted by Gasteiger charge is 2.41. The molecule has 0 bridgehead atoms. The van der Waals surface area contributed by atoms with Gasteiger partial charge in [0.25, 0.3) is 0 Å². The lowest BCUT2D eigenvalue weighted by atomic mass is 9.81. The monoisotopic (exact) mass is 275 g/mol. The van der Waals surface area contributed by atoms with Gasteiger partial charge in [-0.15, -0.1) is 0 Å². The first-order valence-corrected chi connectivity index (χ1v) is 7.52. The number of benzene rings is 1. The third-order valence-corrected chi connectivity index (χ3v) is 5.36. The van der Waals surface area contributed by atoms with Crippen molar-refractivity contribution in [2.45, 2.75) is 12.8 Å². The van der Waals surface area contributed by atoms with Crippen LogP contribution in [0.5, 0.6) is 0 Å². The van der Waals surface area contributed by atoms with E-state index >= 15 is 0 Å². The predicted octanol–water partition coefficient (Wildman–Crippen LogP) is 1.27. The lowest BCUT2D eigenvalue weighted by Crippen LogP contribution is -2.34. The smallest absolute Gasteiger partial charge is 0.150 e. The average molecular weight is 275 g/mol. The van der Waals surface area contributed by atoms with Crippen molar-refractivity contribution in [1.82, 2.24) is 0 Å². The van der Waals surface area contributed by atoms with Crippen molar-refractivity contribution in [2.24, 2.45) is 11.1 Å². The molecule has 1 aliphatic heterocycles. The van der Waals surface area contributed by atoms with Gasteiger partial charge >= 0.3 is 0 Å². The van der Waals surface area contributed by atoms with E-state index < -0.39 is 26.9 Å². The van der Waals surface area contributed by atoms with E-state index in [4.69, 9.17) is 5.73 Å². The predicted molar refractivity (Wildman–Crippen MR) is 64.8 cm³/mol. The van der Waals surface area contributed by atoms with Gasteiger partial charge in [0.15, 0.2) is 9.84 Å². The van der Waals surface area contributed by atoms with Crippen LogP contribution in [-0.2, 0) is 16.3 Å². The third kappa shape index (κ3) is 2.70. The van der Waals surface area contributed by atoms with E-state index in [1.54, 1.807) is 0 Å². The summed E-state index contributed by atoms with van der Waals surface area (Å²) in [5.41, 5.74) is 5.36. The lowest BCUT2D eigenvalue weighted by molar-refractivity contribution is 0.339. The van der Waals surface area contributed by atoms with Crippen molar-refractivity contribution in [2.75, 3.05) is 18.1 Å². The van der Waals surface area contributed by atoms with Gasteiger partial charge in [0.05, 0.1) is 11.5 Å². The maximum Gasteiger partial charge on any atom is 0.150 e. The second-order valence-electron chi connectivity index (χ2n) is 4.96. The van der Waals surface area contributed by atoms with Crippen molar-refractivity contribution >= 4 is 9.84 Å². The van der Waals surface area contributed by atoms with Crippen molar-refractivity contribution < 1.29 is 17.2 Å². The normalized spacial score (nSPS) is 26.4. The van der Waals surface area contributed by atoms with E-state index in [0.717, 1.165) is 6.07 Å². The Labute approximate surface area is 105 Å². The molecule has 6 heteroatoms. The van der Waals surface area contributed by atoms with Gasteiger partial charge in [-0.05, 0) is 31.0 Å². The Bertz CT molecular complexity index is 559. The fraction of sp³-hybridized carbons (Fsp3) is 0.500. The molecule has 3 nitrogen and oxygen atoms in total. The molecule has 2 rings (SSSR count). The average Bonchev–Trinajstić information content (AvgIpc) is 2.59. The third-order valence-electron chi connectivity index (χ3n) is 3.48. The minimum atomic E-state index is -3.08. The van der Waals surface area contributed by atoms with Crippen LogP contribution in [0.4, 0.5) is 8.78 Å². The Balaban J connectivity index is 2.26. The Morgan fingerprint density at radius 1 is 1.33 bits per heavy atom. The second-order valence-corrected chi connectivity index (χ2v) is 7.14. The molecular weight excluding hydrogens is 260 g/mol. The topological polar surface area (TPSA) is 60.2 Å². The number of hydrogen-bond acceptors (Lipinski definition) is 3. The van der Waals surface area contributed by atoms with Gasteiger partial charge < -0.3 is 5.73 Å². The molecule has 1 atom stereocenters. The highest BCUT2D eigenvalue weighted by Crippen LogP contribution is 2.35. The molecule has 0 amide bonds. The van der Waals surface area contributed by atoms with Gasteiger partial charge in [0, 0.05) is 11.5 Å². The fourth-order valence-electron chi connectivity index (χ4n) is 2.42. The molecule has 0 saturated carbocycles. The Kier molecular flexibility index (Phi) is 3.42. The first-order valence-electron chi connectivity index (χ1n) is 5.70. The van der Waals surface area contributed by atoms with Crippen molar-refractivity contribution in [1.29, 1.82) is 0 Å². The standard InChI is InChI=1S/C12H15F2NO2S/c13-10-2-1-9(11(14)5-10)6-12(7-15)3-4-18(16,17)8-12/h1-2,5H,3-4,6-8,15H2. The molecule has 1 aromatic rings. The molecule has 1 fully saturated rings. The first-order chi connectivity index (χ1) is 8.36. The SMILES string of the molecule is NCC1(Cc2ccc(F)cc2F)CCS(=O)(=O)C1. The molecule has 1 heterocycles. The van der Waals surface area contributed by atoms with Gasteiger partial charge in [0.2, 0.25) is 0 Å². The quantitative estimate of drug-likeness (QED) is 0.903.